The van der Waals surface area contributed by atoms with Gasteiger partial charge in [-0.05, 0) is 49.7 Å². The summed E-state index contributed by atoms with van der Waals surface area (Å²) in [6.45, 7) is 4.19. The first-order chi connectivity index (χ1) is 9.63. The van der Waals surface area contributed by atoms with Crippen LogP contribution >= 0.6 is 0 Å². The fourth-order valence-electron chi connectivity index (χ4n) is 2.19. The fourth-order valence-corrected chi connectivity index (χ4v) is 2.19. The van der Waals surface area contributed by atoms with Gasteiger partial charge in [-0.2, -0.15) is 0 Å². The molecular weight excluding hydrogens is 250 g/mol. The van der Waals surface area contributed by atoms with Crippen molar-refractivity contribution in [3.05, 3.63) is 53.6 Å². The second kappa shape index (κ2) is 6.33. The highest BCUT2D eigenvalue weighted by Gasteiger charge is 2.11. The molecule has 0 saturated heterocycles. The highest BCUT2D eigenvalue weighted by molar-refractivity contribution is 5.50. The molecule has 1 N–H and O–H groups in total. The van der Waals surface area contributed by atoms with Gasteiger partial charge in [0.2, 0.25) is 0 Å². The zero-order chi connectivity index (χ0) is 14.5. The van der Waals surface area contributed by atoms with Crippen LogP contribution in [-0.4, -0.2) is 14.2 Å². The van der Waals surface area contributed by atoms with E-state index in [1.165, 1.54) is 5.56 Å². The lowest BCUT2D eigenvalue weighted by Crippen LogP contribution is -2.08. The molecule has 0 aliphatic heterocycles. The monoisotopic (exact) mass is 271 g/mol. The Hall–Kier alpha value is -2.16. The molecule has 3 nitrogen and oxygen atoms in total. The van der Waals surface area contributed by atoms with Crippen molar-refractivity contribution in [2.24, 2.45) is 0 Å². The van der Waals surface area contributed by atoms with Gasteiger partial charge in [0.1, 0.15) is 11.5 Å². The van der Waals surface area contributed by atoms with Crippen molar-refractivity contribution in [1.29, 1.82) is 0 Å². The maximum Gasteiger partial charge on any atom is 0.124 e. The van der Waals surface area contributed by atoms with Crippen LogP contribution < -0.4 is 14.8 Å². The Labute approximate surface area is 120 Å². The molecule has 0 aromatic heterocycles. The Balaban J connectivity index is 2.16. The number of methoxy groups -OCH3 is 2. The van der Waals surface area contributed by atoms with Crippen molar-refractivity contribution in [3.8, 4) is 11.5 Å². The standard InChI is InChI=1S/C17H21NO2/c1-12-5-10-16(17(11-12)20-4)13(2)18-14-6-8-15(19-3)9-7-14/h5-11,13,18H,1-4H3. The van der Waals surface area contributed by atoms with E-state index in [0.29, 0.717) is 0 Å². The highest BCUT2D eigenvalue weighted by atomic mass is 16.5. The lowest BCUT2D eigenvalue weighted by molar-refractivity contribution is 0.407. The van der Waals surface area contributed by atoms with Crippen LogP contribution in [0.15, 0.2) is 42.5 Å². The summed E-state index contributed by atoms with van der Waals surface area (Å²) in [5.41, 5.74) is 3.40. The van der Waals surface area contributed by atoms with Crippen LogP contribution in [0, 0.1) is 6.92 Å². The zero-order valence-electron chi connectivity index (χ0n) is 12.4. The van der Waals surface area contributed by atoms with Crippen molar-refractivity contribution >= 4 is 5.69 Å². The number of hydrogen-bond acceptors (Lipinski definition) is 3. The molecule has 0 amide bonds. The Morgan fingerprint density at radius 3 is 2.25 bits per heavy atom. The largest absolute Gasteiger partial charge is 0.497 e. The lowest BCUT2D eigenvalue weighted by atomic mass is 10.0. The molecule has 2 aromatic carbocycles. The van der Waals surface area contributed by atoms with Crippen LogP contribution in [0.25, 0.3) is 0 Å². The van der Waals surface area contributed by atoms with Crippen molar-refractivity contribution < 1.29 is 9.47 Å². The number of rotatable bonds is 5. The molecule has 2 rings (SSSR count). The molecule has 0 bridgehead atoms. The van der Waals surface area contributed by atoms with Crippen molar-refractivity contribution in [2.75, 3.05) is 19.5 Å². The minimum absolute atomic E-state index is 0.166. The number of ether oxygens (including phenoxy) is 2. The second-order valence-corrected chi connectivity index (χ2v) is 4.84. The average molecular weight is 271 g/mol. The topological polar surface area (TPSA) is 30.5 Å². The SMILES string of the molecule is COc1ccc(NC(C)c2ccc(C)cc2OC)cc1. The normalized spacial score (nSPS) is 11.8. The molecule has 0 saturated carbocycles. The predicted octanol–water partition coefficient (Wildman–Crippen LogP) is 4.19. The second-order valence-electron chi connectivity index (χ2n) is 4.84. The molecule has 0 heterocycles. The molecule has 0 fully saturated rings. The van der Waals surface area contributed by atoms with E-state index >= 15 is 0 Å². The Morgan fingerprint density at radius 1 is 0.950 bits per heavy atom. The molecule has 0 radical (unpaired) electrons. The molecule has 0 aliphatic rings. The first-order valence-corrected chi connectivity index (χ1v) is 6.69. The van der Waals surface area contributed by atoms with Crippen LogP contribution in [0.5, 0.6) is 11.5 Å². The summed E-state index contributed by atoms with van der Waals surface area (Å²) in [4.78, 5) is 0. The van der Waals surface area contributed by atoms with E-state index in [1.54, 1.807) is 14.2 Å². The van der Waals surface area contributed by atoms with E-state index in [0.717, 1.165) is 22.7 Å². The summed E-state index contributed by atoms with van der Waals surface area (Å²) in [5, 5.41) is 3.47. The number of nitrogens with one attached hydrogen (secondary N) is 1. The van der Waals surface area contributed by atoms with Gasteiger partial charge in [0, 0.05) is 11.3 Å². The van der Waals surface area contributed by atoms with Crippen molar-refractivity contribution in [1.82, 2.24) is 0 Å². The fraction of sp³-hybridized carbons (Fsp3) is 0.294. The lowest BCUT2D eigenvalue weighted by Gasteiger charge is -2.19. The molecule has 2 aromatic rings. The number of hydrogen-bond donors (Lipinski definition) is 1. The average Bonchev–Trinajstić information content (AvgIpc) is 2.47. The van der Waals surface area contributed by atoms with Gasteiger partial charge in [-0.3, -0.25) is 0 Å². The van der Waals surface area contributed by atoms with Crippen LogP contribution in [-0.2, 0) is 0 Å². The summed E-state index contributed by atoms with van der Waals surface area (Å²) in [7, 11) is 3.38. The maximum absolute atomic E-state index is 5.46. The smallest absolute Gasteiger partial charge is 0.124 e. The number of benzene rings is 2. The molecule has 0 spiro atoms. The summed E-state index contributed by atoms with van der Waals surface area (Å²) < 4.78 is 10.6. The quantitative estimate of drug-likeness (QED) is 0.884. The predicted molar refractivity (Wildman–Crippen MR) is 82.8 cm³/mol. The van der Waals surface area contributed by atoms with Gasteiger partial charge in [-0.1, -0.05) is 12.1 Å². The van der Waals surface area contributed by atoms with Crippen LogP contribution in [0.1, 0.15) is 24.1 Å². The van der Waals surface area contributed by atoms with Gasteiger partial charge in [-0.25, -0.2) is 0 Å². The van der Waals surface area contributed by atoms with E-state index < -0.39 is 0 Å². The minimum atomic E-state index is 0.166. The van der Waals surface area contributed by atoms with Crippen LogP contribution in [0.3, 0.4) is 0 Å². The van der Waals surface area contributed by atoms with E-state index in [-0.39, 0.29) is 6.04 Å². The molecule has 20 heavy (non-hydrogen) atoms. The van der Waals surface area contributed by atoms with Crippen LogP contribution in [0.2, 0.25) is 0 Å². The van der Waals surface area contributed by atoms with E-state index in [4.69, 9.17) is 9.47 Å². The molecular formula is C17H21NO2. The van der Waals surface area contributed by atoms with Gasteiger partial charge in [0.25, 0.3) is 0 Å². The van der Waals surface area contributed by atoms with E-state index in [1.807, 2.05) is 24.3 Å². The molecule has 3 heteroatoms. The van der Waals surface area contributed by atoms with Gasteiger partial charge in [0.15, 0.2) is 0 Å². The van der Waals surface area contributed by atoms with Gasteiger partial charge >= 0.3 is 0 Å². The van der Waals surface area contributed by atoms with Crippen molar-refractivity contribution in [3.63, 3.8) is 0 Å². The van der Waals surface area contributed by atoms with Gasteiger partial charge < -0.3 is 14.8 Å². The molecule has 0 aliphatic carbocycles. The number of aryl methyl sites for hydroxylation is 1. The summed E-state index contributed by atoms with van der Waals surface area (Å²) >= 11 is 0. The Bertz CT molecular complexity index is 564. The van der Waals surface area contributed by atoms with Gasteiger partial charge in [0.05, 0.1) is 20.3 Å². The van der Waals surface area contributed by atoms with E-state index in [2.05, 4.69) is 37.4 Å². The minimum Gasteiger partial charge on any atom is -0.497 e. The van der Waals surface area contributed by atoms with Crippen LogP contribution in [0.4, 0.5) is 5.69 Å². The number of anilines is 1. The molecule has 106 valence electrons. The van der Waals surface area contributed by atoms with Gasteiger partial charge in [-0.15, -0.1) is 0 Å². The third-order valence-corrected chi connectivity index (χ3v) is 3.33. The van der Waals surface area contributed by atoms with E-state index in [9.17, 15) is 0 Å². The Kier molecular flexibility index (Phi) is 4.51. The third-order valence-electron chi connectivity index (χ3n) is 3.33. The zero-order valence-corrected chi connectivity index (χ0v) is 12.4. The third kappa shape index (κ3) is 3.23. The first-order valence-electron chi connectivity index (χ1n) is 6.69. The molecule has 1 atom stereocenters. The summed E-state index contributed by atoms with van der Waals surface area (Å²) in [6, 6.07) is 14.3. The summed E-state index contributed by atoms with van der Waals surface area (Å²) in [6.07, 6.45) is 0. The van der Waals surface area contributed by atoms with Crippen molar-refractivity contribution in [2.45, 2.75) is 19.9 Å². The summed E-state index contributed by atoms with van der Waals surface area (Å²) in [5.74, 6) is 1.77. The molecule has 1 unspecified atom stereocenters. The maximum atomic E-state index is 5.46. The highest BCUT2D eigenvalue weighted by Crippen LogP contribution is 2.29. The Morgan fingerprint density at radius 2 is 1.65 bits per heavy atom. The first kappa shape index (κ1) is 14.3.